The lowest BCUT2D eigenvalue weighted by Crippen LogP contribution is -2.22. The number of carbonyl (C=O) groups excluding carboxylic acids is 1. The number of rotatable bonds is 13. The van der Waals surface area contributed by atoms with Crippen molar-refractivity contribution in [1.29, 1.82) is 10.8 Å². The van der Waals surface area contributed by atoms with Gasteiger partial charge in [0.1, 0.15) is 0 Å². The Morgan fingerprint density at radius 3 is 1.91 bits per heavy atom. The van der Waals surface area contributed by atoms with Gasteiger partial charge >= 0.3 is 5.97 Å². The fourth-order valence-electron chi connectivity index (χ4n) is 3.14. The third-order valence-corrected chi connectivity index (χ3v) is 12.8. The molecule has 0 spiro atoms. The van der Waals surface area contributed by atoms with Crippen LogP contribution in [0.1, 0.15) is 93.9 Å². The average Bonchev–Trinajstić information content (AvgIpc) is 3.32. The minimum atomic E-state index is -1.17. The average molecular weight is 728 g/mol. The van der Waals surface area contributed by atoms with E-state index in [2.05, 4.69) is 33.6 Å². The summed E-state index contributed by atoms with van der Waals surface area (Å²) in [4.78, 5) is 33.3. The van der Waals surface area contributed by atoms with E-state index in [9.17, 15) is 19.7 Å². The monoisotopic (exact) mass is 727 g/mol. The van der Waals surface area contributed by atoms with E-state index in [0.29, 0.717) is 16.2 Å². The van der Waals surface area contributed by atoms with Crippen LogP contribution < -0.4 is 0 Å². The standard InChI is InChI=1S/C13H18N2O4S2.C7H15NS2.C6H10S.C3H6OS.CH4/c1-8(14)3-4-9(2)20-21-10-5-6-12(15(18)19)11(7-10)13(16)17;1-6(8)4-5-7(2)10-9-3;1-5-3-4-6(2)7-5;1-3(4)5-2;/h5-6,9,11,14H,3-4,7H2,1-2H3,(H,16,17);7-8H,4-5H2,1-3H3;6H,1,3-4H2,2H3;1-2H3;1H4. The van der Waals surface area contributed by atoms with Crippen molar-refractivity contribution in [1.82, 2.24) is 0 Å². The van der Waals surface area contributed by atoms with Crippen molar-refractivity contribution in [2.24, 2.45) is 5.92 Å². The summed E-state index contributed by atoms with van der Waals surface area (Å²) in [6.07, 6.45) is 13.2. The van der Waals surface area contributed by atoms with Crippen LogP contribution in [-0.4, -0.2) is 60.8 Å². The Balaban J connectivity index is -0.000000602. The number of hydrogen-bond donors (Lipinski definition) is 3. The van der Waals surface area contributed by atoms with E-state index < -0.39 is 16.8 Å². The first kappa shape index (κ1) is 47.6. The number of carboxylic acids is 1. The van der Waals surface area contributed by atoms with Gasteiger partial charge in [0.25, 0.3) is 5.70 Å². The number of carboxylic acid groups (broad SMARTS) is 1. The Labute approximate surface area is 290 Å². The Kier molecular flexibility index (Phi) is 30.8. The van der Waals surface area contributed by atoms with E-state index in [1.807, 2.05) is 40.3 Å². The number of aliphatic carboxylic acids is 1. The maximum atomic E-state index is 11.1. The van der Waals surface area contributed by atoms with Gasteiger partial charge in [0.15, 0.2) is 11.0 Å². The molecular weight excluding hydrogens is 675 g/mol. The first-order valence-corrected chi connectivity index (χ1v) is 20.7. The van der Waals surface area contributed by atoms with Gasteiger partial charge in [0.05, 0.1) is 4.92 Å². The number of nitro groups is 1. The van der Waals surface area contributed by atoms with Gasteiger partial charge < -0.3 is 15.9 Å². The van der Waals surface area contributed by atoms with Crippen LogP contribution in [0.3, 0.4) is 0 Å². The highest BCUT2D eigenvalue weighted by Crippen LogP contribution is 2.41. The van der Waals surface area contributed by atoms with Crippen LogP contribution in [0.2, 0.25) is 0 Å². The summed E-state index contributed by atoms with van der Waals surface area (Å²) in [6, 6.07) is 0. The third kappa shape index (κ3) is 27.5. The molecule has 14 heteroatoms. The quantitative estimate of drug-likeness (QED) is 0.0721. The first-order chi connectivity index (χ1) is 20.0. The van der Waals surface area contributed by atoms with E-state index in [4.69, 9.17) is 15.9 Å². The highest BCUT2D eigenvalue weighted by molar-refractivity contribution is 8.78. The van der Waals surface area contributed by atoms with Crippen molar-refractivity contribution < 1.29 is 19.6 Å². The predicted molar refractivity (Wildman–Crippen MR) is 206 cm³/mol. The fraction of sp³-hybridized carbons (Fsp3) is 0.667. The molecular formula is C30H53N3O5S6. The maximum absolute atomic E-state index is 11.1. The molecule has 0 saturated carbocycles. The molecule has 3 N–H and O–H groups in total. The fourth-order valence-corrected chi connectivity index (χ4v) is 8.38. The molecule has 1 fully saturated rings. The summed E-state index contributed by atoms with van der Waals surface area (Å²) in [6.45, 7) is 15.6. The lowest BCUT2D eigenvalue weighted by Gasteiger charge is -2.17. The molecule has 0 radical (unpaired) electrons. The molecule has 1 aliphatic carbocycles. The Bertz CT molecular complexity index is 990. The SMILES string of the molecule is C.C=C1CCC(C)S1.CC(=N)CCC(C)SSC1=CC=C([N+](=O)[O-])C(C(=O)O)C1.CSC(C)=O.CSSC(C)CCC(C)=N. The topological polar surface area (TPSA) is 145 Å². The van der Waals surface area contributed by atoms with Crippen molar-refractivity contribution in [3.63, 3.8) is 0 Å². The van der Waals surface area contributed by atoms with Gasteiger partial charge in [-0.15, -0.1) is 11.8 Å². The molecule has 254 valence electrons. The Morgan fingerprint density at radius 1 is 1.09 bits per heavy atom. The zero-order chi connectivity index (χ0) is 33.5. The van der Waals surface area contributed by atoms with Gasteiger partial charge in [-0.25, -0.2) is 0 Å². The largest absolute Gasteiger partial charge is 0.481 e. The zero-order valence-corrected chi connectivity index (χ0v) is 31.5. The van der Waals surface area contributed by atoms with Gasteiger partial charge in [-0.1, -0.05) is 89.7 Å². The van der Waals surface area contributed by atoms with Crippen molar-refractivity contribution in [3.05, 3.63) is 44.4 Å². The second kappa shape index (κ2) is 28.4. The normalized spacial score (nSPS) is 18.1. The number of nitrogens with zero attached hydrogens (tertiary/aromatic N) is 1. The number of thioether (sulfide) groups is 2. The van der Waals surface area contributed by atoms with Crippen molar-refractivity contribution in [3.8, 4) is 0 Å². The molecule has 2 rings (SSSR count). The summed E-state index contributed by atoms with van der Waals surface area (Å²) in [5, 5.41) is 36.5. The Hall–Kier alpha value is -0.800. The molecule has 2 aliphatic rings. The molecule has 44 heavy (non-hydrogen) atoms. The van der Waals surface area contributed by atoms with Gasteiger partial charge in [-0.05, 0) is 80.8 Å². The Morgan fingerprint density at radius 2 is 1.59 bits per heavy atom. The summed E-state index contributed by atoms with van der Waals surface area (Å²) in [5.41, 5.74) is 1.19. The molecule has 0 amide bonds. The molecule has 0 bridgehead atoms. The van der Waals surface area contributed by atoms with Crippen LogP contribution in [0.4, 0.5) is 0 Å². The maximum Gasteiger partial charge on any atom is 0.317 e. The van der Waals surface area contributed by atoms with Crippen LogP contribution in [0.25, 0.3) is 0 Å². The molecule has 8 nitrogen and oxygen atoms in total. The molecule has 4 unspecified atom stereocenters. The van der Waals surface area contributed by atoms with Crippen molar-refractivity contribution in [2.75, 3.05) is 12.5 Å². The van der Waals surface area contributed by atoms with Crippen molar-refractivity contribution >= 4 is 89.2 Å². The van der Waals surface area contributed by atoms with Crippen LogP contribution in [-0.2, 0) is 9.59 Å². The lowest BCUT2D eigenvalue weighted by atomic mass is 9.97. The minimum Gasteiger partial charge on any atom is -0.481 e. The molecule has 0 aromatic heterocycles. The number of carbonyl (C=O) groups is 2. The van der Waals surface area contributed by atoms with E-state index in [-0.39, 0.29) is 24.7 Å². The highest BCUT2D eigenvalue weighted by Gasteiger charge is 2.34. The van der Waals surface area contributed by atoms with Gasteiger partial charge in [0.2, 0.25) is 0 Å². The third-order valence-electron chi connectivity index (χ3n) is 5.63. The molecule has 4 atom stereocenters. The summed E-state index contributed by atoms with van der Waals surface area (Å²) >= 11 is 3.17. The van der Waals surface area contributed by atoms with E-state index in [1.54, 1.807) is 37.0 Å². The van der Waals surface area contributed by atoms with Crippen LogP contribution in [0.15, 0.2) is 34.2 Å². The summed E-state index contributed by atoms with van der Waals surface area (Å²) in [5.74, 6) is -2.24. The van der Waals surface area contributed by atoms with E-state index in [0.717, 1.165) is 41.6 Å². The second-order valence-corrected chi connectivity index (χ2v) is 18.3. The first-order valence-electron chi connectivity index (χ1n) is 13.8. The molecule has 0 aromatic carbocycles. The smallest absolute Gasteiger partial charge is 0.317 e. The number of nitrogens with one attached hydrogen (secondary N) is 2. The number of hydrogen-bond acceptors (Lipinski definition) is 12. The zero-order valence-electron chi connectivity index (χ0n) is 26.6. The summed E-state index contributed by atoms with van der Waals surface area (Å²) < 4.78 is 0. The predicted octanol–water partition coefficient (Wildman–Crippen LogP) is 10.9. The molecule has 1 saturated heterocycles. The van der Waals surface area contributed by atoms with E-state index >= 15 is 0 Å². The highest BCUT2D eigenvalue weighted by atomic mass is 33.1. The van der Waals surface area contributed by atoms with E-state index in [1.165, 1.54) is 46.4 Å². The summed E-state index contributed by atoms with van der Waals surface area (Å²) in [7, 11) is 6.78. The van der Waals surface area contributed by atoms with Gasteiger partial charge in [-0.3, -0.25) is 19.7 Å². The molecule has 1 heterocycles. The minimum absolute atomic E-state index is 0. The van der Waals surface area contributed by atoms with Crippen molar-refractivity contribution in [2.45, 2.75) is 110 Å². The van der Waals surface area contributed by atoms with Crippen LogP contribution in [0.5, 0.6) is 0 Å². The second-order valence-electron chi connectivity index (χ2n) is 9.98. The number of allylic oxidation sites excluding steroid dienone is 4. The molecule has 0 aromatic rings. The van der Waals surface area contributed by atoms with Gasteiger partial charge in [0, 0.05) is 46.6 Å². The lowest BCUT2D eigenvalue weighted by molar-refractivity contribution is -0.432. The van der Waals surface area contributed by atoms with Crippen LogP contribution in [0, 0.1) is 26.9 Å². The molecule has 1 aliphatic heterocycles. The van der Waals surface area contributed by atoms with Gasteiger partial charge in [-0.2, -0.15) is 0 Å². The van der Waals surface area contributed by atoms with Crippen LogP contribution >= 0.6 is 66.7 Å².